The molecule has 1 amide bonds. The van der Waals surface area contributed by atoms with Crippen molar-refractivity contribution in [3.05, 3.63) is 53.5 Å². The second-order valence-corrected chi connectivity index (χ2v) is 6.93. The molecule has 3 aromatic rings. The first kappa shape index (κ1) is 18.0. The lowest BCUT2D eigenvalue weighted by atomic mass is 10.2. The van der Waals surface area contributed by atoms with Crippen LogP contribution < -0.4 is 14.8 Å². The highest BCUT2D eigenvalue weighted by molar-refractivity contribution is 7.19. The quantitative estimate of drug-likeness (QED) is 0.526. The van der Waals surface area contributed by atoms with E-state index in [2.05, 4.69) is 10.3 Å². The molecule has 2 heterocycles. The minimum atomic E-state index is -0.614. The summed E-state index contributed by atoms with van der Waals surface area (Å²) in [5.74, 6) is 0.144. The summed E-state index contributed by atoms with van der Waals surface area (Å²) < 4.78 is 16.9. The number of benzene rings is 2. The zero-order valence-electron chi connectivity index (χ0n) is 14.7. The molecule has 0 radical (unpaired) electrons. The zero-order valence-corrected chi connectivity index (χ0v) is 15.5. The highest BCUT2D eigenvalue weighted by Gasteiger charge is 2.13. The van der Waals surface area contributed by atoms with Gasteiger partial charge in [0.15, 0.2) is 18.1 Å². The monoisotopic (exact) mass is 396 g/mol. The van der Waals surface area contributed by atoms with Crippen molar-refractivity contribution in [1.82, 2.24) is 4.98 Å². The molecule has 28 heavy (non-hydrogen) atoms. The number of hydrogen-bond acceptors (Lipinski definition) is 7. The van der Waals surface area contributed by atoms with Crippen LogP contribution in [0.15, 0.2) is 48.5 Å². The van der Waals surface area contributed by atoms with Gasteiger partial charge in [0.1, 0.15) is 18.2 Å². The van der Waals surface area contributed by atoms with E-state index >= 15 is 0 Å². The van der Waals surface area contributed by atoms with Crippen molar-refractivity contribution in [3.8, 4) is 11.5 Å². The third-order valence-corrected chi connectivity index (χ3v) is 4.85. The van der Waals surface area contributed by atoms with Crippen LogP contribution in [0.2, 0.25) is 0 Å². The number of ether oxygens (including phenoxy) is 3. The minimum absolute atomic E-state index is 0.391. The molecule has 0 spiro atoms. The molecule has 1 aliphatic rings. The summed E-state index contributed by atoms with van der Waals surface area (Å²) in [6.07, 6.45) is 2.83. The van der Waals surface area contributed by atoms with E-state index in [1.165, 1.54) is 17.4 Å². The molecule has 0 saturated heterocycles. The molecule has 1 aromatic heterocycles. The maximum Gasteiger partial charge on any atom is 0.331 e. The van der Waals surface area contributed by atoms with Crippen LogP contribution in [0.3, 0.4) is 0 Å². The van der Waals surface area contributed by atoms with Crippen LogP contribution in [-0.4, -0.2) is 36.7 Å². The fourth-order valence-electron chi connectivity index (χ4n) is 2.60. The first-order valence-corrected chi connectivity index (χ1v) is 9.39. The van der Waals surface area contributed by atoms with Gasteiger partial charge in [0, 0.05) is 17.8 Å². The summed E-state index contributed by atoms with van der Waals surface area (Å²) in [4.78, 5) is 28.2. The van der Waals surface area contributed by atoms with Crippen LogP contribution in [0.1, 0.15) is 5.01 Å². The average molecular weight is 396 g/mol. The number of nitrogens with one attached hydrogen (secondary N) is 1. The average Bonchev–Trinajstić information content (AvgIpc) is 3.14. The van der Waals surface area contributed by atoms with Gasteiger partial charge >= 0.3 is 5.97 Å². The molecule has 4 rings (SSSR count). The standard InChI is InChI=1S/C20H16N2O5S/c23-18(21-13-5-6-15-16(11-13)26-10-9-25-15)12-27-20(24)8-7-19-22-14-3-1-2-4-17(14)28-19/h1-8,11H,9-10,12H2,(H,21,23)/b8-7+. The maximum absolute atomic E-state index is 12.0. The Balaban J connectivity index is 1.28. The Kier molecular flexibility index (Phi) is 5.20. The van der Waals surface area contributed by atoms with Gasteiger partial charge in [-0.2, -0.15) is 0 Å². The Bertz CT molecular complexity index is 1030. The van der Waals surface area contributed by atoms with Crippen molar-refractivity contribution in [1.29, 1.82) is 0 Å². The Morgan fingerprint density at radius 3 is 2.82 bits per heavy atom. The Morgan fingerprint density at radius 1 is 1.14 bits per heavy atom. The fourth-order valence-corrected chi connectivity index (χ4v) is 3.47. The summed E-state index contributed by atoms with van der Waals surface area (Å²) in [5, 5.41) is 3.35. The third-order valence-electron chi connectivity index (χ3n) is 3.84. The number of esters is 1. The van der Waals surface area contributed by atoms with E-state index in [0.29, 0.717) is 35.4 Å². The maximum atomic E-state index is 12.0. The normalized spacial score (nSPS) is 12.9. The molecule has 1 aliphatic heterocycles. The predicted octanol–water partition coefficient (Wildman–Crippen LogP) is 3.26. The van der Waals surface area contributed by atoms with Crippen LogP contribution in [-0.2, 0) is 14.3 Å². The SMILES string of the molecule is O=C(COC(=O)/C=C/c1nc2ccccc2s1)Nc1ccc2c(c1)OCCO2. The van der Waals surface area contributed by atoms with Crippen LogP contribution >= 0.6 is 11.3 Å². The van der Waals surface area contributed by atoms with Gasteiger partial charge in [-0.1, -0.05) is 12.1 Å². The van der Waals surface area contributed by atoms with E-state index in [0.717, 1.165) is 10.2 Å². The minimum Gasteiger partial charge on any atom is -0.486 e. The fraction of sp³-hybridized carbons (Fsp3) is 0.150. The molecule has 1 N–H and O–H groups in total. The largest absolute Gasteiger partial charge is 0.486 e. The van der Waals surface area contributed by atoms with E-state index in [9.17, 15) is 9.59 Å². The number of hydrogen-bond donors (Lipinski definition) is 1. The van der Waals surface area contributed by atoms with Crippen LogP contribution in [0.4, 0.5) is 5.69 Å². The van der Waals surface area contributed by atoms with Gasteiger partial charge in [-0.25, -0.2) is 9.78 Å². The van der Waals surface area contributed by atoms with Crippen LogP contribution in [0, 0.1) is 0 Å². The van der Waals surface area contributed by atoms with E-state index in [1.54, 1.807) is 24.3 Å². The van der Waals surface area contributed by atoms with Gasteiger partial charge in [0.2, 0.25) is 0 Å². The van der Waals surface area contributed by atoms with E-state index in [1.807, 2.05) is 24.3 Å². The van der Waals surface area contributed by atoms with E-state index < -0.39 is 18.5 Å². The number of aromatic nitrogens is 1. The number of fused-ring (bicyclic) bond motifs is 2. The number of anilines is 1. The summed E-state index contributed by atoms with van der Waals surface area (Å²) in [7, 11) is 0. The smallest absolute Gasteiger partial charge is 0.331 e. The van der Waals surface area contributed by atoms with Gasteiger partial charge in [-0.05, 0) is 30.3 Å². The number of nitrogens with zero attached hydrogens (tertiary/aromatic N) is 1. The van der Waals surface area contributed by atoms with E-state index in [4.69, 9.17) is 14.2 Å². The van der Waals surface area contributed by atoms with Crippen molar-refractivity contribution in [2.24, 2.45) is 0 Å². The molecular formula is C20H16N2O5S. The van der Waals surface area contributed by atoms with Crippen molar-refractivity contribution < 1.29 is 23.8 Å². The first-order valence-electron chi connectivity index (χ1n) is 8.57. The van der Waals surface area contributed by atoms with Crippen molar-refractivity contribution in [3.63, 3.8) is 0 Å². The molecule has 0 aliphatic carbocycles. The van der Waals surface area contributed by atoms with Crippen LogP contribution in [0.5, 0.6) is 11.5 Å². The number of carbonyl (C=O) groups is 2. The lowest BCUT2D eigenvalue weighted by Gasteiger charge is -2.18. The lowest BCUT2D eigenvalue weighted by molar-refractivity contribution is -0.142. The second kappa shape index (κ2) is 8.10. The highest BCUT2D eigenvalue weighted by Crippen LogP contribution is 2.32. The van der Waals surface area contributed by atoms with Gasteiger partial charge in [0.05, 0.1) is 10.2 Å². The summed E-state index contributed by atoms with van der Waals surface area (Å²) >= 11 is 1.47. The Labute approximate surface area is 164 Å². The van der Waals surface area contributed by atoms with Crippen molar-refractivity contribution in [2.45, 2.75) is 0 Å². The molecule has 8 heteroatoms. The van der Waals surface area contributed by atoms with E-state index in [-0.39, 0.29) is 0 Å². The molecular weight excluding hydrogens is 380 g/mol. The number of amides is 1. The molecule has 0 fully saturated rings. The molecule has 0 unspecified atom stereocenters. The second-order valence-electron chi connectivity index (χ2n) is 5.87. The lowest BCUT2D eigenvalue weighted by Crippen LogP contribution is -2.20. The molecule has 142 valence electrons. The third kappa shape index (κ3) is 4.29. The van der Waals surface area contributed by atoms with Gasteiger partial charge in [-0.3, -0.25) is 4.79 Å². The summed E-state index contributed by atoms with van der Waals surface area (Å²) in [6.45, 7) is 0.569. The van der Waals surface area contributed by atoms with Gasteiger partial charge in [0.25, 0.3) is 5.91 Å². The molecule has 2 aromatic carbocycles. The number of rotatable bonds is 5. The summed E-state index contributed by atoms with van der Waals surface area (Å²) in [5.41, 5.74) is 1.41. The Hall–Kier alpha value is -3.39. The molecule has 0 saturated carbocycles. The number of thiazole rings is 1. The molecule has 0 atom stereocenters. The van der Waals surface area contributed by atoms with Gasteiger partial charge in [-0.15, -0.1) is 11.3 Å². The molecule has 7 nitrogen and oxygen atoms in total. The Morgan fingerprint density at radius 2 is 1.96 bits per heavy atom. The van der Waals surface area contributed by atoms with Crippen molar-refractivity contribution in [2.75, 3.05) is 25.1 Å². The van der Waals surface area contributed by atoms with Crippen molar-refractivity contribution >= 4 is 45.2 Å². The van der Waals surface area contributed by atoms with Gasteiger partial charge < -0.3 is 19.5 Å². The number of para-hydroxylation sites is 1. The predicted molar refractivity (Wildman–Crippen MR) is 106 cm³/mol. The first-order chi connectivity index (χ1) is 13.7. The molecule has 0 bridgehead atoms. The summed E-state index contributed by atoms with van der Waals surface area (Å²) in [6, 6.07) is 12.8. The number of carbonyl (C=O) groups excluding carboxylic acids is 2. The zero-order chi connectivity index (χ0) is 19.3. The topological polar surface area (TPSA) is 86.8 Å². The highest BCUT2D eigenvalue weighted by atomic mass is 32.1. The van der Waals surface area contributed by atoms with Crippen LogP contribution in [0.25, 0.3) is 16.3 Å².